The molecule has 1 atom stereocenters. The molecule has 0 amide bonds. The Morgan fingerprint density at radius 1 is 1.35 bits per heavy atom. The number of nitrogens with one attached hydrogen (secondary N) is 1. The van der Waals surface area contributed by atoms with E-state index < -0.39 is 17.4 Å². The fourth-order valence-corrected chi connectivity index (χ4v) is 2.42. The lowest BCUT2D eigenvalue weighted by molar-refractivity contribution is -0.167. The highest BCUT2D eigenvalue weighted by molar-refractivity contribution is 5.87. The number of esters is 2. The first kappa shape index (κ1) is 14.2. The SMILES string of the molecule is CC(=O)OC(=O)C(C)(C)C1CCNC(C)(C)C1. The van der Waals surface area contributed by atoms with Crippen molar-refractivity contribution in [3.05, 3.63) is 0 Å². The molecular formula is C13H23NO3. The molecule has 17 heavy (non-hydrogen) atoms. The van der Waals surface area contributed by atoms with E-state index in [-0.39, 0.29) is 11.5 Å². The van der Waals surface area contributed by atoms with Crippen molar-refractivity contribution in [2.75, 3.05) is 6.54 Å². The highest BCUT2D eigenvalue weighted by Crippen LogP contribution is 2.38. The summed E-state index contributed by atoms with van der Waals surface area (Å²) >= 11 is 0. The Balaban J connectivity index is 2.75. The summed E-state index contributed by atoms with van der Waals surface area (Å²) in [5.41, 5.74) is -0.568. The Bertz CT molecular complexity index is 321. The molecule has 0 aromatic heterocycles. The van der Waals surface area contributed by atoms with Gasteiger partial charge in [0.15, 0.2) is 0 Å². The predicted octanol–water partition coefficient (Wildman–Crippen LogP) is 1.88. The van der Waals surface area contributed by atoms with Gasteiger partial charge in [0.25, 0.3) is 0 Å². The van der Waals surface area contributed by atoms with Crippen LogP contribution < -0.4 is 5.32 Å². The molecule has 0 spiro atoms. The van der Waals surface area contributed by atoms with Crippen LogP contribution in [0.25, 0.3) is 0 Å². The average molecular weight is 241 g/mol. The van der Waals surface area contributed by atoms with Crippen molar-refractivity contribution in [1.82, 2.24) is 5.32 Å². The summed E-state index contributed by atoms with van der Waals surface area (Å²) < 4.78 is 4.74. The first-order valence-corrected chi connectivity index (χ1v) is 6.13. The number of hydrogen-bond acceptors (Lipinski definition) is 4. The Hall–Kier alpha value is -0.900. The predicted molar refractivity (Wildman–Crippen MR) is 65.4 cm³/mol. The van der Waals surface area contributed by atoms with E-state index in [1.807, 2.05) is 13.8 Å². The molecule has 98 valence electrons. The molecule has 1 unspecified atom stereocenters. The van der Waals surface area contributed by atoms with E-state index in [0.717, 1.165) is 19.4 Å². The van der Waals surface area contributed by atoms with E-state index in [2.05, 4.69) is 19.2 Å². The van der Waals surface area contributed by atoms with Gasteiger partial charge in [0.1, 0.15) is 0 Å². The van der Waals surface area contributed by atoms with Gasteiger partial charge in [-0.1, -0.05) is 0 Å². The van der Waals surface area contributed by atoms with Crippen LogP contribution in [0.3, 0.4) is 0 Å². The van der Waals surface area contributed by atoms with Gasteiger partial charge in [0.2, 0.25) is 0 Å². The number of hydrogen-bond donors (Lipinski definition) is 1. The first-order valence-electron chi connectivity index (χ1n) is 6.13. The minimum absolute atomic E-state index is 0.0384. The van der Waals surface area contributed by atoms with E-state index in [0.29, 0.717) is 0 Å². The lowest BCUT2D eigenvalue weighted by Gasteiger charge is -2.42. The molecule has 1 N–H and O–H groups in total. The standard InChI is InChI=1S/C13H23NO3/c1-9(15)17-11(16)13(4,5)10-6-7-14-12(2,3)8-10/h10,14H,6-8H2,1-5H3. The number of carbonyl (C=O) groups excluding carboxylic acids is 2. The number of rotatable bonds is 2. The van der Waals surface area contributed by atoms with E-state index in [1.54, 1.807) is 0 Å². The molecule has 0 aromatic rings. The van der Waals surface area contributed by atoms with Crippen molar-refractivity contribution in [3.8, 4) is 0 Å². The molecule has 0 radical (unpaired) electrons. The maximum Gasteiger partial charge on any atom is 0.319 e. The van der Waals surface area contributed by atoms with E-state index in [1.165, 1.54) is 6.92 Å². The number of carbonyl (C=O) groups is 2. The van der Waals surface area contributed by atoms with Crippen molar-refractivity contribution in [3.63, 3.8) is 0 Å². The van der Waals surface area contributed by atoms with Gasteiger partial charge < -0.3 is 10.1 Å². The third kappa shape index (κ3) is 3.53. The van der Waals surface area contributed by atoms with Crippen molar-refractivity contribution in [2.45, 2.75) is 53.0 Å². The molecule has 0 bridgehead atoms. The quantitative estimate of drug-likeness (QED) is 0.592. The van der Waals surface area contributed by atoms with Crippen molar-refractivity contribution < 1.29 is 14.3 Å². The summed E-state index contributed by atoms with van der Waals surface area (Å²) in [5.74, 6) is -0.699. The molecule has 4 nitrogen and oxygen atoms in total. The lowest BCUT2D eigenvalue weighted by Crippen LogP contribution is -2.51. The summed E-state index contributed by atoms with van der Waals surface area (Å²) in [6, 6.07) is 0. The molecule has 1 rings (SSSR count). The van der Waals surface area contributed by atoms with Crippen LogP contribution in [-0.4, -0.2) is 24.0 Å². The summed E-state index contributed by atoms with van der Waals surface area (Å²) in [6.45, 7) is 10.2. The Kier molecular flexibility index (Phi) is 3.97. The third-order valence-corrected chi connectivity index (χ3v) is 3.64. The highest BCUT2D eigenvalue weighted by atomic mass is 16.6. The van der Waals surface area contributed by atoms with Gasteiger partial charge >= 0.3 is 11.9 Å². The van der Waals surface area contributed by atoms with E-state index in [4.69, 9.17) is 4.74 Å². The van der Waals surface area contributed by atoms with Gasteiger partial charge in [-0.15, -0.1) is 0 Å². The molecule has 1 aliphatic rings. The van der Waals surface area contributed by atoms with E-state index >= 15 is 0 Å². The minimum atomic E-state index is -0.606. The molecule has 0 saturated carbocycles. The van der Waals surface area contributed by atoms with Crippen molar-refractivity contribution in [2.24, 2.45) is 11.3 Å². The number of ether oxygens (including phenoxy) is 1. The van der Waals surface area contributed by atoms with Gasteiger partial charge in [-0.05, 0) is 53.0 Å². The highest BCUT2D eigenvalue weighted by Gasteiger charge is 2.43. The van der Waals surface area contributed by atoms with Crippen LogP contribution >= 0.6 is 0 Å². The van der Waals surface area contributed by atoms with Crippen LogP contribution in [0.2, 0.25) is 0 Å². The smallest absolute Gasteiger partial charge is 0.319 e. The summed E-state index contributed by atoms with van der Waals surface area (Å²) in [7, 11) is 0. The molecule has 0 aromatic carbocycles. The summed E-state index contributed by atoms with van der Waals surface area (Å²) in [6.07, 6.45) is 1.84. The monoisotopic (exact) mass is 241 g/mol. The molecular weight excluding hydrogens is 218 g/mol. The Morgan fingerprint density at radius 2 is 1.94 bits per heavy atom. The van der Waals surface area contributed by atoms with Gasteiger partial charge in [0.05, 0.1) is 5.41 Å². The third-order valence-electron chi connectivity index (χ3n) is 3.64. The van der Waals surface area contributed by atoms with Crippen LogP contribution in [0.5, 0.6) is 0 Å². The second-order valence-corrected chi connectivity index (χ2v) is 6.10. The normalized spacial score (nSPS) is 24.2. The van der Waals surface area contributed by atoms with Crippen LogP contribution in [0.1, 0.15) is 47.5 Å². The summed E-state index contributed by atoms with van der Waals surface area (Å²) in [5, 5.41) is 3.42. The van der Waals surface area contributed by atoms with Crippen LogP contribution in [0.15, 0.2) is 0 Å². The molecule has 1 saturated heterocycles. The molecule has 4 heteroatoms. The number of piperidine rings is 1. The van der Waals surface area contributed by atoms with Crippen molar-refractivity contribution >= 4 is 11.9 Å². The Labute approximate surface area is 103 Å². The maximum absolute atomic E-state index is 11.9. The second-order valence-electron chi connectivity index (χ2n) is 6.10. The molecule has 1 fully saturated rings. The molecule has 0 aliphatic carbocycles. The van der Waals surface area contributed by atoms with Gasteiger partial charge in [-0.25, -0.2) is 0 Å². The van der Waals surface area contributed by atoms with Crippen LogP contribution in [0, 0.1) is 11.3 Å². The zero-order valence-electron chi connectivity index (χ0n) is 11.4. The van der Waals surface area contributed by atoms with Gasteiger partial charge in [0, 0.05) is 12.5 Å². The Morgan fingerprint density at radius 3 is 2.41 bits per heavy atom. The van der Waals surface area contributed by atoms with E-state index in [9.17, 15) is 9.59 Å². The fraction of sp³-hybridized carbons (Fsp3) is 0.846. The second kappa shape index (κ2) is 4.77. The fourth-order valence-electron chi connectivity index (χ4n) is 2.42. The summed E-state index contributed by atoms with van der Waals surface area (Å²) in [4.78, 5) is 22.8. The zero-order valence-corrected chi connectivity index (χ0v) is 11.4. The minimum Gasteiger partial charge on any atom is -0.393 e. The molecule has 1 heterocycles. The van der Waals surface area contributed by atoms with Crippen molar-refractivity contribution in [1.29, 1.82) is 0 Å². The first-order chi connectivity index (χ1) is 7.65. The molecule has 1 aliphatic heterocycles. The lowest BCUT2D eigenvalue weighted by atomic mass is 9.69. The maximum atomic E-state index is 11.9. The topological polar surface area (TPSA) is 55.4 Å². The van der Waals surface area contributed by atoms with Crippen LogP contribution in [-0.2, 0) is 14.3 Å². The average Bonchev–Trinajstić information content (AvgIpc) is 2.14. The van der Waals surface area contributed by atoms with Crippen LogP contribution in [0.4, 0.5) is 0 Å². The van der Waals surface area contributed by atoms with Gasteiger partial charge in [-0.2, -0.15) is 0 Å². The largest absolute Gasteiger partial charge is 0.393 e. The zero-order chi connectivity index (χ0) is 13.3. The van der Waals surface area contributed by atoms with Gasteiger partial charge in [-0.3, -0.25) is 9.59 Å².